The molecule has 0 spiro atoms. The Kier molecular flexibility index (Phi) is 2.69. The summed E-state index contributed by atoms with van der Waals surface area (Å²) in [4.78, 5) is 6.59. The first kappa shape index (κ1) is 9.76. The summed E-state index contributed by atoms with van der Waals surface area (Å²) in [6.45, 7) is 1.93. The molecule has 3 nitrogen and oxygen atoms in total. The average molecular weight is 192 g/mol. The third-order valence-corrected chi connectivity index (χ3v) is 1.22. The van der Waals surface area contributed by atoms with Gasteiger partial charge in [0.1, 0.15) is 6.33 Å². The summed E-state index contributed by atoms with van der Waals surface area (Å²) in [5.74, 6) is -0.0650. The molecule has 1 rings (SSSR count). The summed E-state index contributed by atoms with van der Waals surface area (Å²) in [7, 11) is 0. The largest absolute Gasteiger partial charge is 0.478 e. The van der Waals surface area contributed by atoms with Gasteiger partial charge in [0.05, 0.1) is 6.61 Å². The Balaban J connectivity index is 2.92. The fraction of sp³-hybridized carbons (Fsp3) is 0.429. The normalized spacial score (nSPS) is 11.4. The number of halogens is 3. The van der Waals surface area contributed by atoms with Crippen molar-refractivity contribution in [1.29, 1.82) is 0 Å². The molecule has 0 fully saturated rings. The zero-order valence-corrected chi connectivity index (χ0v) is 6.80. The lowest BCUT2D eigenvalue weighted by atomic mass is 10.4. The SMILES string of the molecule is CCOc1cc(C(F)(F)F)ncn1. The van der Waals surface area contributed by atoms with E-state index in [9.17, 15) is 13.2 Å². The van der Waals surface area contributed by atoms with E-state index in [1.807, 2.05) is 0 Å². The Morgan fingerprint density at radius 2 is 2.08 bits per heavy atom. The number of hydrogen-bond donors (Lipinski definition) is 0. The number of nitrogens with zero attached hydrogens (tertiary/aromatic N) is 2. The van der Waals surface area contributed by atoms with Crippen molar-refractivity contribution in [3.8, 4) is 5.88 Å². The Bertz CT molecular complexity index is 287. The minimum Gasteiger partial charge on any atom is -0.478 e. The maximum absolute atomic E-state index is 12.1. The molecule has 0 amide bonds. The van der Waals surface area contributed by atoms with Gasteiger partial charge >= 0.3 is 6.18 Å². The van der Waals surface area contributed by atoms with Crippen LogP contribution in [0.4, 0.5) is 13.2 Å². The average Bonchev–Trinajstić information content (AvgIpc) is 2.04. The van der Waals surface area contributed by atoms with E-state index in [1.54, 1.807) is 6.92 Å². The van der Waals surface area contributed by atoms with Crippen LogP contribution < -0.4 is 4.74 Å². The van der Waals surface area contributed by atoms with Crippen molar-refractivity contribution in [3.63, 3.8) is 0 Å². The summed E-state index contributed by atoms with van der Waals surface area (Å²) in [6, 6.07) is 0.767. The lowest BCUT2D eigenvalue weighted by Crippen LogP contribution is -2.08. The zero-order chi connectivity index (χ0) is 9.90. The van der Waals surface area contributed by atoms with Crippen molar-refractivity contribution >= 4 is 0 Å². The van der Waals surface area contributed by atoms with Gasteiger partial charge in [0.15, 0.2) is 5.69 Å². The highest BCUT2D eigenvalue weighted by atomic mass is 19.4. The summed E-state index contributed by atoms with van der Waals surface area (Å²) in [5.41, 5.74) is -0.994. The standard InChI is InChI=1S/C7H7F3N2O/c1-2-13-6-3-5(7(8,9)10)11-4-12-6/h3-4H,2H2,1H3. The van der Waals surface area contributed by atoms with Crippen molar-refractivity contribution in [2.75, 3.05) is 6.61 Å². The minimum absolute atomic E-state index is 0.0650. The molecule has 13 heavy (non-hydrogen) atoms. The first-order chi connectivity index (χ1) is 6.04. The van der Waals surface area contributed by atoms with Crippen LogP contribution in [0, 0.1) is 0 Å². The summed E-state index contributed by atoms with van der Waals surface area (Å²) >= 11 is 0. The maximum atomic E-state index is 12.1. The molecule has 0 N–H and O–H groups in total. The number of ether oxygens (including phenoxy) is 1. The van der Waals surface area contributed by atoms with Crippen LogP contribution in [0.25, 0.3) is 0 Å². The van der Waals surface area contributed by atoms with Gasteiger partial charge in [0, 0.05) is 6.07 Å². The van der Waals surface area contributed by atoms with Gasteiger partial charge in [0.25, 0.3) is 0 Å². The van der Waals surface area contributed by atoms with Gasteiger partial charge in [-0.25, -0.2) is 9.97 Å². The summed E-state index contributed by atoms with van der Waals surface area (Å²) < 4.78 is 41.0. The molecule has 1 heterocycles. The molecule has 0 aliphatic carbocycles. The van der Waals surface area contributed by atoms with Crippen molar-refractivity contribution in [2.24, 2.45) is 0 Å². The highest BCUT2D eigenvalue weighted by Gasteiger charge is 2.32. The van der Waals surface area contributed by atoms with Gasteiger partial charge < -0.3 is 4.74 Å². The molecule has 72 valence electrons. The molecular weight excluding hydrogens is 185 g/mol. The van der Waals surface area contributed by atoms with Gasteiger partial charge in [-0.1, -0.05) is 0 Å². The van der Waals surface area contributed by atoms with Crippen LogP contribution in [0.5, 0.6) is 5.88 Å². The van der Waals surface area contributed by atoms with E-state index in [0.29, 0.717) is 0 Å². The van der Waals surface area contributed by atoms with Gasteiger partial charge in [-0.15, -0.1) is 0 Å². The Morgan fingerprint density at radius 3 is 2.62 bits per heavy atom. The highest BCUT2D eigenvalue weighted by Crippen LogP contribution is 2.28. The summed E-state index contributed by atoms with van der Waals surface area (Å²) in [6.07, 6.45) is -3.62. The maximum Gasteiger partial charge on any atom is 0.433 e. The molecular formula is C7H7F3N2O. The van der Waals surface area contributed by atoms with Crippen molar-refractivity contribution in [3.05, 3.63) is 18.1 Å². The smallest absolute Gasteiger partial charge is 0.433 e. The fourth-order valence-electron chi connectivity index (χ4n) is 0.721. The second-order valence-corrected chi connectivity index (χ2v) is 2.17. The second kappa shape index (κ2) is 3.59. The monoisotopic (exact) mass is 192 g/mol. The van der Waals surface area contributed by atoms with Crippen LogP contribution in [0.1, 0.15) is 12.6 Å². The van der Waals surface area contributed by atoms with Crippen molar-refractivity contribution < 1.29 is 17.9 Å². The predicted octanol–water partition coefficient (Wildman–Crippen LogP) is 1.89. The number of rotatable bonds is 2. The molecule has 0 saturated carbocycles. The van der Waals surface area contributed by atoms with E-state index in [0.717, 1.165) is 12.4 Å². The first-order valence-electron chi connectivity index (χ1n) is 3.56. The fourth-order valence-corrected chi connectivity index (χ4v) is 0.721. The van der Waals surface area contributed by atoms with Crippen LogP contribution in [-0.2, 0) is 6.18 Å². The van der Waals surface area contributed by atoms with E-state index < -0.39 is 11.9 Å². The molecule has 0 aliphatic rings. The molecule has 0 radical (unpaired) electrons. The highest BCUT2D eigenvalue weighted by molar-refractivity contribution is 5.15. The molecule has 1 aromatic rings. The van der Waals surface area contributed by atoms with Crippen LogP contribution >= 0.6 is 0 Å². The van der Waals surface area contributed by atoms with Crippen molar-refractivity contribution in [1.82, 2.24) is 9.97 Å². The lowest BCUT2D eigenvalue weighted by Gasteiger charge is -2.06. The van der Waals surface area contributed by atoms with E-state index >= 15 is 0 Å². The van der Waals surface area contributed by atoms with E-state index in [1.165, 1.54) is 0 Å². The third kappa shape index (κ3) is 2.57. The molecule has 0 unspecified atom stereocenters. The van der Waals surface area contributed by atoms with Crippen LogP contribution in [0.3, 0.4) is 0 Å². The van der Waals surface area contributed by atoms with Gasteiger partial charge in [-0.2, -0.15) is 13.2 Å². The minimum atomic E-state index is -4.45. The molecule has 0 saturated heterocycles. The lowest BCUT2D eigenvalue weighted by molar-refractivity contribution is -0.141. The topological polar surface area (TPSA) is 35.0 Å². The quantitative estimate of drug-likeness (QED) is 0.717. The van der Waals surface area contributed by atoms with E-state index in [4.69, 9.17) is 4.74 Å². The Labute approximate surface area is 72.6 Å². The van der Waals surface area contributed by atoms with Crippen LogP contribution in [-0.4, -0.2) is 16.6 Å². The number of aromatic nitrogens is 2. The molecule has 0 aliphatic heterocycles. The van der Waals surface area contributed by atoms with Gasteiger partial charge in [-0.05, 0) is 6.92 Å². The molecule has 0 bridgehead atoms. The number of hydrogen-bond acceptors (Lipinski definition) is 3. The van der Waals surface area contributed by atoms with Gasteiger partial charge in [0.2, 0.25) is 5.88 Å². The molecule has 1 aromatic heterocycles. The molecule has 0 aromatic carbocycles. The van der Waals surface area contributed by atoms with E-state index in [-0.39, 0.29) is 12.5 Å². The van der Waals surface area contributed by atoms with E-state index in [2.05, 4.69) is 9.97 Å². The molecule has 0 atom stereocenters. The third-order valence-electron chi connectivity index (χ3n) is 1.22. The second-order valence-electron chi connectivity index (χ2n) is 2.17. The number of alkyl halides is 3. The van der Waals surface area contributed by atoms with Crippen LogP contribution in [0.15, 0.2) is 12.4 Å². The van der Waals surface area contributed by atoms with Gasteiger partial charge in [-0.3, -0.25) is 0 Å². The predicted molar refractivity (Wildman–Crippen MR) is 38.2 cm³/mol. The van der Waals surface area contributed by atoms with Crippen molar-refractivity contribution in [2.45, 2.75) is 13.1 Å². The van der Waals surface area contributed by atoms with Crippen LogP contribution in [0.2, 0.25) is 0 Å². The Hall–Kier alpha value is -1.33. The Morgan fingerprint density at radius 1 is 1.38 bits per heavy atom. The molecule has 6 heteroatoms. The summed E-state index contributed by atoms with van der Waals surface area (Å²) in [5, 5.41) is 0. The first-order valence-corrected chi connectivity index (χ1v) is 3.56. The zero-order valence-electron chi connectivity index (χ0n) is 6.80.